The summed E-state index contributed by atoms with van der Waals surface area (Å²) < 4.78 is 0. The van der Waals surface area contributed by atoms with Gasteiger partial charge < -0.3 is 10.2 Å². The lowest BCUT2D eigenvalue weighted by molar-refractivity contribution is 0.419. The zero-order valence-electron chi connectivity index (χ0n) is 15.8. The molecule has 3 N–H and O–H groups in total. The Kier molecular flexibility index (Phi) is 6.56. The molecule has 0 aromatic heterocycles. The Balaban J connectivity index is 0.000000293. The van der Waals surface area contributed by atoms with E-state index in [4.69, 9.17) is 0 Å². The minimum Gasteiger partial charge on any atom is -0.508 e. The number of benzene rings is 2. The summed E-state index contributed by atoms with van der Waals surface area (Å²) >= 11 is 0. The highest BCUT2D eigenvalue weighted by Gasteiger charge is 2.24. The molecule has 0 unspecified atom stereocenters. The molecule has 25 heavy (non-hydrogen) atoms. The van der Waals surface area contributed by atoms with Crippen molar-refractivity contribution >= 4 is 5.69 Å². The molecule has 0 saturated heterocycles. The molecular formula is C20H28N2O3. The monoisotopic (exact) mass is 344 g/mol. The van der Waals surface area contributed by atoms with Crippen molar-refractivity contribution in [1.29, 1.82) is 0 Å². The summed E-state index contributed by atoms with van der Waals surface area (Å²) in [7, 11) is 0. The van der Waals surface area contributed by atoms with Gasteiger partial charge >= 0.3 is 0 Å². The molecule has 2 aromatic rings. The van der Waals surface area contributed by atoms with Crippen LogP contribution in [0.15, 0.2) is 47.8 Å². The van der Waals surface area contributed by atoms with Gasteiger partial charge in [-0.05, 0) is 35.1 Å². The molecule has 0 aliphatic carbocycles. The van der Waals surface area contributed by atoms with Crippen LogP contribution in [0.5, 0.6) is 11.5 Å². The van der Waals surface area contributed by atoms with Crippen LogP contribution in [0.4, 0.5) is 5.69 Å². The fourth-order valence-electron chi connectivity index (χ4n) is 2.34. The molecule has 0 aliphatic heterocycles. The van der Waals surface area contributed by atoms with E-state index in [1.54, 1.807) is 24.3 Å². The highest BCUT2D eigenvalue weighted by molar-refractivity contribution is 5.50. The van der Waals surface area contributed by atoms with Gasteiger partial charge in [-0.2, -0.15) is 0 Å². The van der Waals surface area contributed by atoms with E-state index in [2.05, 4.69) is 10.7 Å². The van der Waals surface area contributed by atoms with Gasteiger partial charge in [-0.15, -0.1) is 4.91 Å². The van der Waals surface area contributed by atoms with Crippen molar-refractivity contribution in [2.45, 2.75) is 52.4 Å². The minimum atomic E-state index is -0.169. The SMILES string of the molecule is CC(C)(C)c1cc(O)c(C(C)(C)C)cc1O.O=NNc1ccccc1. The molecule has 0 fully saturated rings. The number of phenolic OH excluding ortho intramolecular Hbond substituents is 2. The lowest BCUT2D eigenvalue weighted by Crippen LogP contribution is -2.15. The van der Waals surface area contributed by atoms with E-state index >= 15 is 0 Å². The van der Waals surface area contributed by atoms with E-state index in [0.29, 0.717) is 5.69 Å². The number of hydrogen-bond donors (Lipinski definition) is 3. The maximum absolute atomic E-state index is 10.0. The molecule has 2 aromatic carbocycles. The smallest absolute Gasteiger partial charge is 0.119 e. The first-order chi connectivity index (χ1) is 11.5. The number of aromatic hydroxyl groups is 2. The number of nitrogens with zero attached hydrogens (tertiary/aromatic N) is 1. The molecule has 0 atom stereocenters. The third-order valence-electron chi connectivity index (χ3n) is 3.68. The van der Waals surface area contributed by atoms with Gasteiger partial charge in [0.05, 0.1) is 11.0 Å². The molecule has 0 spiro atoms. The second kappa shape index (κ2) is 8.01. The second-order valence-corrected chi connectivity index (χ2v) is 7.96. The van der Waals surface area contributed by atoms with E-state index in [1.165, 1.54) is 0 Å². The molecule has 0 radical (unpaired) electrons. The van der Waals surface area contributed by atoms with Crippen LogP contribution in [0, 0.1) is 4.91 Å². The molecule has 0 aliphatic rings. The zero-order chi connectivity index (χ0) is 19.3. The summed E-state index contributed by atoms with van der Waals surface area (Å²) in [5.41, 5.74) is 4.21. The van der Waals surface area contributed by atoms with Crippen LogP contribution < -0.4 is 5.43 Å². The Morgan fingerprint density at radius 1 is 0.800 bits per heavy atom. The molecule has 2 rings (SSSR count). The van der Waals surface area contributed by atoms with Crippen LogP contribution in [0.1, 0.15) is 52.7 Å². The maximum Gasteiger partial charge on any atom is 0.119 e. The van der Waals surface area contributed by atoms with Crippen molar-refractivity contribution in [2.24, 2.45) is 5.29 Å². The summed E-state index contributed by atoms with van der Waals surface area (Å²) in [6, 6.07) is 12.4. The quantitative estimate of drug-likeness (QED) is 0.383. The topological polar surface area (TPSA) is 81.9 Å². The van der Waals surface area contributed by atoms with Gasteiger partial charge in [-0.3, -0.25) is 0 Å². The van der Waals surface area contributed by atoms with Gasteiger partial charge in [0.25, 0.3) is 0 Å². The lowest BCUT2D eigenvalue weighted by Gasteiger charge is -2.25. The number of nitrogens with one attached hydrogen (secondary N) is 1. The molecule has 5 heteroatoms. The van der Waals surface area contributed by atoms with Gasteiger partial charge in [0.2, 0.25) is 0 Å². The minimum absolute atomic E-state index is 0.169. The van der Waals surface area contributed by atoms with E-state index in [-0.39, 0.29) is 22.3 Å². The van der Waals surface area contributed by atoms with Gasteiger partial charge in [0, 0.05) is 11.1 Å². The molecule has 0 saturated carbocycles. The van der Waals surface area contributed by atoms with Crippen molar-refractivity contribution in [3.05, 3.63) is 58.5 Å². The number of para-hydroxylation sites is 1. The fraction of sp³-hybridized carbons (Fsp3) is 0.400. The summed E-state index contributed by atoms with van der Waals surface area (Å²) in [5.74, 6) is 0.519. The number of nitroso groups, excluding NO2 is 1. The third kappa shape index (κ3) is 6.10. The van der Waals surface area contributed by atoms with E-state index in [0.717, 1.165) is 11.1 Å². The van der Waals surface area contributed by atoms with Crippen LogP contribution in [0.3, 0.4) is 0 Å². The molecule has 0 bridgehead atoms. The second-order valence-electron chi connectivity index (χ2n) is 7.96. The summed E-state index contributed by atoms with van der Waals surface area (Å²) in [6.07, 6.45) is 0. The fourth-order valence-corrected chi connectivity index (χ4v) is 2.34. The molecule has 5 nitrogen and oxygen atoms in total. The van der Waals surface area contributed by atoms with Gasteiger partial charge in [0.15, 0.2) is 0 Å². The van der Waals surface area contributed by atoms with Crippen LogP contribution in [-0.4, -0.2) is 10.2 Å². The zero-order valence-corrected chi connectivity index (χ0v) is 15.8. The first kappa shape index (κ1) is 20.5. The Morgan fingerprint density at radius 2 is 1.20 bits per heavy atom. The van der Waals surface area contributed by atoms with Crippen molar-refractivity contribution in [3.63, 3.8) is 0 Å². The molecule has 0 amide bonds. The third-order valence-corrected chi connectivity index (χ3v) is 3.68. The number of anilines is 1. The van der Waals surface area contributed by atoms with Crippen LogP contribution in [-0.2, 0) is 10.8 Å². The van der Waals surface area contributed by atoms with Crippen LogP contribution >= 0.6 is 0 Å². The molecular weight excluding hydrogens is 316 g/mol. The average Bonchev–Trinajstić information content (AvgIpc) is 2.49. The first-order valence-electron chi connectivity index (χ1n) is 8.17. The standard InChI is InChI=1S/C14H22O2.C6H6N2O/c1-13(2,3)9-7-12(16)10(8-11(9)15)14(4,5)6;9-8-7-6-4-2-1-3-5-6/h7-8,15-16H,1-6H3;1-5H,(H,7,9). The number of hydrogen-bond acceptors (Lipinski definition) is 4. The molecule has 136 valence electrons. The van der Waals surface area contributed by atoms with Crippen LogP contribution in [0.2, 0.25) is 0 Å². The van der Waals surface area contributed by atoms with Crippen molar-refractivity contribution in [3.8, 4) is 11.5 Å². The summed E-state index contributed by atoms with van der Waals surface area (Å²) in [5, 5.41) is 22.5. The van der Waals surface area contributed by atoms with E-state index < -0.39 is 0 Å². The first-order valence-corrected chi connectivity index (χ1v) is 8.17. The highest BCUT2D eigenvalue weighted by Crippen LogP contribution is 2.39. The summed E-state index contributed by atoms with van der Waals surface area (Å²) in [4.78, 5) is 9.61. The van der Waals surface area contributed by atoms with E-state index in [1.807, 2.05) is 59.7 Å². The Morgan fingerprint density at radius 3 is 1.52 bits per heavy atom. The Hall–Kier alpha value is -2.56. The predicted molar refractivity (Wildman–Crippen MR) is 103 cm³/mol. The number of phenols is 2. The van der Waals surface area contributed by atoms with Gasteiger partial charge in [-0.25, -0.2) is 5.43 Å². The van der Waals surface area contributed by atoms with Gasteiger partial charge in [-0.1, -0.05) is 59.7 Å². The normalized spacial score (nSPS) is 11.3. The molecule has 0 heterocycles. The summed E-state index contributed by atoms with van der Waals surface area (Å²) in [6.45, 7) is 12.1. The Labute approximate surface area is 149 Å². The van der Waals surface area contributed by atoms with Crippen LogP contribution in [0.25, 0.3) is 0 Å². The number of rotatable bonds is 2. The highest BCUT2D eigenvalue weighted by atomic mass is 16.3. The average molecular weight is 344 g/mol. The maximum atomic E-state index is 10.0. The van der Waals surface area contributed by atoms with Gasteiger partial charge in [0.1, 0.15) is 11.5 Å². The van der Waals surface area contributed by atoms with Crippen molar-refractivity contribution in [1.82, 2.24) is 0 Å². The van der Waals surface area contributed by atoms with Crippen molar-refractivity contribution in [2.75, 3.05) is 5.43 Å². The largest absolute Gasteiger partial charge is 0.508 e. The van der Waals surface area contributed by atoms with Crippen molar-refractivity contribution < 1.29 is 10.2 Å². The lowest BCUT2D eigenvalue weighted by atomic mass is 9.81. The Bertz CT molecular complexity index is 660. The van der Waals surface area contributed by atoms with E-state index in [9.17, 15) is 15.1 Å². The predicted octanol–water partition coefficient (Wildman–Crippen LogP) is 5.47.